The Morgan fingerprint density at radius 2 is 1.72 bits per heavy atom. The van der Waals surface area contributed by atoms with Crippen LogP contribution in [0.25, 0.3) is 23.0 Å². The average Bonchev–Trinajstić information content (AvgIpc) is 3.18. The molecule has 1 aliphatic heterocycles. The fourth-order valence-corrected chi connectivity index (χ4v) is 4.18. The molecule has 2 aromatic carbocycles. The molecular weight excluding hydrogens is 400 g/mol. The molecule has 4 aromatic rings. The van der Waals surface area contributed by atoms with E-state index in [1.807, 2.05) is 89.5 Å². The van der Waals surface area contributed by atoms with Crippen LogP contribution in [0.3, 0.4) is 0 Å². The number of pyridine rings is 1. The zero-order valence-electron chi connectivity index (χ0n) is 17.6. The number of hydrogen-bond acceptors (Lipinski definition) is 3. The fraction of sp³-hybridized carbons (Fsp3) is 0.115. The van der Waals surface area contributed by atoms with E-state index in [2.05, 4.69) is 5.32 Å². The molecule has 32 heavy (non-hydrogen) atoms. The van der Waals surface area contributed by atoms with Gasteiger partial charge in [-0.3, -0.25) is 14.0 Å². The maximum Gasteiger partial charge on any atom is 0.227 e. The SMILES string of the molecule is CC(=O)N1C=Cc2ccccc2C1CC(=O)Nc1c(-c2ccccc2)nc2ccccn12. The first kappa shape index (κ1) is 19.8. The third-order valence-corrected chi connectivity index (χ3v) is 5.68. The number of rotatable bonds is 4. The van der Waals surface area contributed by atoms with Crippen molar-refractivity contribution < 1.29 is 9.59 Å². The summed E-state index contributed by atoms with van der Waals surface area (Å²) in [7, 11) is 0. The van der Waals surface area contributed by atoms with Crippen molar-refractivity contribution >= 4 is 29.4 Å². The second kappa shape index (κ2) is 8.15. The van der Waals surface area contributed by atoms with E-state index in [4.69, 9.17) is 4.98 Å². The quantitative estimate of drug-likeness (QED) is 0.508. The Balaban J connectivity index is 1.49. The van der Waals surface area contributed by atoms with Gasteiger partial charge in [0.2, 0.25) is 11.8 Å². The highest BCUT2D eigenvalue weighted by atomic mass is 16.2. The second-order valence-corrected chi connectivity index (χ2v) is 7.74. The van der Waals surface area contributed by atoms with Crippen LogP contribution in [0.15, 0.2) is 85.2 Å². The van der Waals surface area contributed by atoms with E-state index in [9.17, 15) is 9.59 Å². The fourth-order valence-electron chi connectivity index (χ4n) is 4.18. The molecule has 158 valence electrons. The Bertz CT molecular complexity index is 1340. The minimum Gasteiger partial charge on any atom is -0.311 e. The van der Waals surface area contributed by atoms with Crippen LogP contribution >= 0.6 is 0 Å². The van der Waals surface area contributed by atoms with Gasteiger partial charge in [-0.15, -0.1) is 0 Å². The maximum atomic E-state index is 13.3. The summed E-state index contributed by atoms with van der Waals surface area (Å²) in [5.74, 6) is 0.327. The summed E-state index contributed by atoms with van der Waals surface area (Å²) in [6, 6.07) is 23.0. The van der Waals surface area contributed by atoms with Gasteiger partial charge in [0.15, 0.2) is 0 Å². The Labute approximate surface area is 185 Å². The van der Waals surface area contributed by atoms with E-state index in [0.717, 1.165) is 22.3 Å². The van der Waals surface area contributed by atoms with Gasteiger partial charge in [0.05, 0.1) is 12.5 Å². The molecule has 1 N–H and O–H groups in total. The number of imidazole rings is 1. The predicted octanol–water partition coefficient (Wildman–Crippen LogP) is 4.90. The summed E-state index contributed by atoms with van der Waals surface area (Å²) >= 11 is 0. The van der Waals surface area contributed by atoms with Crippen LogP contribution in [-0.4, -0.2) is 26.1 Å². The summed E-state index contributed by atoms with van der Waals surface area (Å²) in [6.45, 7) is 1.52. The van der Waals surface area contributed by atoms with Gasteiger partial charge in [-0.05, 0) is 29.3 Å². The third kappa shape index (κ3) is 3.56. The number of hydrogen-bond donors (Lipinski definition) is 1. The molecule has 0 radical (unpaired) electrons. The highest BCUT2D eigenvalue weighted by Crippen LogP contribution is 2.34. The predicted molar refractivity (Wildman–Crippen MR) is 125 cm³/mol. The minimum absolute atomic E-state index is 0.103. The van der Waals surface area contributed by atoms with Gasteiger partial charge in [-0.2, -0.15) is 0 Å². The molecule has 5 rings (SSSR count). The van der Waals surface area contributed by atoms with Gasteiger partial charge in [0.1, 0.15) is 17.2 Å². The smallest absolute Gasteiger partial charge is 0.227 e. The molecule has 3 heterocycles. The number of nitrogens with zero attached hydrogens (tertiary/aromatic N) is 3. The van der Waals surface area contributed by atoms with Crippen LogP contribution in [0.5, 0.6) is 0 Å². The van der Waals surface area contributed by atoms with Gasteiger partial charge >= 0.3 is 0 Å². The monoisotopic (exact) mass is 422 g/mol. The molecule has 0 bridgehead atoms. The molecular formula is C26H22N4O2. The van der Waals surface area contributed by atoms with E-state index in [1.54, 1.807) is 11.1 Å². The number of fused-ring (bicyclic) bond motifs is 2. The maximum absolute atomic E-state index is 13.3. The molecule has 0 fully saturated rings. The van der Waals surface area contributed by atoms with Crippen molar-refractivity contribution in [1.29, 1.82) is 0 Å². The van der Waals surface area contributed by atoms with Crippen LogP contribution in [0.1, 0.15) is 30.5 Å². The Hall–Kier alpha value is -4.19. The number of carbonyl (C=O) groups is 2. The average molecular weight is 422 g/mol. The van der Waals surface area contributed by atoms with E-state index in [0.29, 0.717) is 11.5 Å². The molecule has 1 unspecified atom stereocenters. The Morgan fingerprint density at radius 1 is 0.969 bits per heavy atom. The van der Waals surface area contributed by atoms with Crippen LogP contribution < -0.4 is 5.32 Å². The number of aromatic nitrogens is 2. The Kier molecular flexibility index (Phi) is 5.03. The molecule has 0 spiro atoms. The first-order valence-electron chi connectivity index (χ1n) is 10.5. The molecule has 6 nitrogen and oxygen atoms in total. The summed E-state index contributed by atoms with van der Waals surface area (Å²) in [4.78, 5) is 31.9. The molecule has 0 saturated heterocycles. The largest absolute Gasteiger partial charge is 0.311 e. The van der Waals surface area contributed by atoms with Crippen molar-refractivity contribution in [1.82, 2.24) is 14.3 Å². The highest BCUT2D eigenvalue weighted by Gasteiger charge is 2.29. The van der Waals surface area contributed by atoms with Crippen molar-refractivity contribution in [2.75, 3.05) is 5.32 Å². The molecule has 2 amide bonds. The summed E-state index contributed by atoms with van der Waals surface area (Å²) in [5.41, 5.74) is 4.35. The topological polar surface area (TPSA) is 66.7 Å². The lowest BCUT2D eigenvalue weighted by Gasteiger charge is -2.32. The normalized spacial score (nSPS) is 14.9. The molecule has 2 aromatic heterocycles. The highest BCUT2D eigenvalue weighted by molar-refractivity contribution is 5.95. The number of benzene rings is 2. The van der Waals surface area contributed by atoms with Crippen LogP contribution in [0, 0.1) is 0 Å². The minimum atomic E-state index is -0.368. The van der Waals surface area contributed by atoms with Crippen molar-refractivity contribution in [3.05, 3.63) is 96.3 Å². The van der Waals surface area contributed by atoms with Gasteiger partial charge in [-0.25, -0.2) is 4.98 Å². The van der Waals surface area contributed by atoms with Crippen LogP contribution in [-0.2, 0) is 9.59 Å². The van der Waals surface area contributed by atoms with Crippen molar-refractivity contribution in [3.8, 4) is 11.3 Å². The lowest BCUT2D eigenvalue weighted by molar-refractivity contribution is -0.129. The van der Waals surface area contributed by atoms with E-state index < -0.39 is 0 Å². The van der Waals surface area contributed by atoms with Crippen LogP contribution in [0.2, 0.25) is 0 Å². The zero-order chi connectivity index (χ0) is 22.1. The van der Waals surface area contributed by atoms with Gasteiger partial charge in [-0.1, -0.05) is 60.7 Å². The summed E-state index contributed by atoms with van der Waals surface area (Å²) < 4.78 is 1.87. The molecule has 1 aliphatic rings. The van der Waals surface area contributed by atoms with Gasteiger partial charge < -0.3 is 10.2 Å². The van der Waals surface area contributed by atoms with Crippen molar-refractivity contribution in [3.63, 3.8) is 0 Å². The van der Waals surface area contributed by atoms with E-state index in [1.165, 1.54) is 6.92 Å². The van der Waals surface area contributed by atoms with Crippen molar-refractivity contribution in [2.24, 2.45) is 0 Å². The molecule has 6 heteroatoms. The van der Waals surface area contributed by atoms with Crippen molar-refractivity contribution in [2.45, 2.75) is 19.4 Å². The summed E-state index contributed by atoms with van der Waals surface area (Å²) in [5, 5.41) is 3.07. The lowest BCUT2D eigenvalue weighted by Crippen LogP contribution is -2.33. The van der Waals surface area contributed by atoms with Gasteiger partial charge in [0, 0.05) is 24.9 Å². The lowest BCUT2D eigenvalue weighted by atomic mass is 9.93. The zero-order valence-corrected chi connectivity index (χ0v) is 17.6. The number of carbonyl (C=O) groups excluding carboxylic acids is 2. The second-order valence-electron chi connectivity index (χ2n) is 7.74. The van der Waals surface area contributed by atoms with E-state index in [-0.39, 0.29) is 24.3 Å². The third-order valence-electron chi connectivity index (χ3n) is 5.68. The Morgan fingerprint density at radius 3 is 2.53 bits per heavy atom. The summed E-state index contributed by atoms with van der Waals surface area (Å²) in [6.07, 6.45) is 5.68. The first-order valence-corrected chi connectivity index (χ1v) is 10.5. The van der Waals surface area contributed by atoms with E-state index >= 15 is 0 Å². The number of anilines is 1. The van der Waals surface area contributed by atoms with Crippen LogP contribution in [0.4, 0.5) is 5.82 Å². The molecule has 0 saturated carbocycles. The number of amides is 2. The standard InChI is InChI=1S/C26H22N4O2/c1-18(31)29-16-14-19-9-5-6-12-21(19)22(29)17-24(32)28-26-25(20-10-3-2-4-11-20)27-23-13-7-8-15-30(23)26/h2-16,22H,17H2,1H3,(H,28,32). The van der Waals surface area contributed by atoms with Gasteiger partial charge in [0.25, 0.3) is 0 Å². The molecule has 1 atom stereocenters. The number of nitrogens with one attached hydrogen (secondary N) is 1. The first-order chi connectivity index (χ1) is 15.6. The molecule has 0 aliphatic carbocycles.